The Labute approximate surface area is 221 Å². The quantitative estimate of drug-likeness (QED) is 0.404. The molecule has 190 valence electrons. The Morgan fingerprint density at radius 2 is 1.92 bits per heavy atom. The van der Waals surface area contributed by atoms with Gasteiger partial charge in [0, 0.05) is 67.7 Å². The van der Waals surface area contributed by atoms with Crippen LogP contribution in [0.2, 0.25) is 5.02 Å². The van der Waals surface area contributed by atoms with Crippen LogP contribution in [0.25, 0.3) is 22.3 Å². The summed E-state index contributed by atoms with van der Waals surface area (Å²) in [7, 11) is 0. The van der Waals surface area contributed by atoms with Crippen LogP contribution in [0, 0.1) is 12.8 Å². The highest BCUT2D eigenvalue weighted by atomic mass is 35.5. The summed E-state index contributed by atoms with van der Waals surface area (Å²) in [5, 5.41) is 0.577. The molecule has 6 rings (SSSR count). The van der Waals surface area contributed by atoms with Gasteiger partial charge in [0.15, 0.2) is 0 Å². The van der Waals surface area contributed by atoms with E-state index in [4.69, 9.17) is 16.6 Å². The first-order valence-corrected chi connectivity index (χ1v) is 13.3. The molecule has 0 bridgehead atoms. The number of aromatic amines is 1. The summed E-state index contributed by atoms with van der Waals surface area (Å²) in [4.78, 5) is 38.3. The zero-order chi connectivity index (χ0) is 25.5. The topological polar surface area (TPSA) is 90.9 Å². The average Bonchev–Trinajstić information content (AvgIpc) is 3.68. The number of piperazine rings is 1. The largest absolute Gasteiger partial charge is 0.342 e. The third-order valence-electron chi connectivity index (χ3n) is 7.49. The van der Waals surface area contributed by atoms with Crippen molar-refractivity contribution in [2.24, 2.45) is 5.92 Å². The van der Waals surface area contributed by atoms with Gasteiger partial charge in [-0.2, -0.15) is 0 Å². The summed E-state index contributed by atoms with van der Waals surface area (Å²) in [6.07, 6.45) is 6.13. The molecular formula is C28H30ClN7O. The highest BCUT2D eigenvalue weighted by molar-refractivity contribution is 6.37. The second kappa shape index (κ2) is 9.84. The highest BCUT2D eigenvalue weighted by Crippen LogP contribution is 2.33. The van der Waals surface area contributed by atoms with E-state index in [0.717, 1.165) is 78.5 Å². The maximum Gasteiger partial charge on any atom is 0.225 e. The smallest absolute Gasteiger partial charge is 0.225 e. The van der Waals surface area contributed by atoms with Gasteiger partial charge >= 0.3 is 0 Å². The van der Waals surface area contributed by atoms with Crippen molar-refractivity contribution in [1.82, 2.24) is 34.7 Å². The molecule has 1 aliphatic carbocycles. The summed E-state index contributed by atoms with van der Waals surface area (Å²) in [6, 6.07) is 10.4. The number of hydrogen-bond acceptors (Lipinski definition) is 6. The minimum absolute atomic E-state index is 0.254. The van der Waals surface area contributed by atoms with Crippen molar-refractivity contribution in [3.63, 3.8) is 0 Å². The lowest BCUT2D eigenvalue weighted by atomic mass is 10.1. The lowest BCUT2D eigenvalue weighted by molar-refractivity contribution is -0.134. The summed E-state index contributed by atoms with van der Waals surface area (Å²) >= 11 is 6.76. The summed E-state index contributed by atoms with van der Waals surface area (Å²) in [6.45, 7) is 7.58. The van der Waals surface area contributed by atoms with Gasteiger partial charge in [0.1, 0.15) is 17.7 Å². The Kier molecular flexibility index (Phi) is 6.38. The van der Waals surface area contributed by atoms with Crippen molar-refractivity contribution >= 4 is 28.5 Å². The Balaban J connectivity index is 1.17. The molecule has 1 amide bonds. The summed E-state index contributed by atoms with van der Waals surface area (Å²) in [5.74, 6) is 1.46. The predicted octanol–water partition coefficient (Wildman–Crippen LogP) is 4.58. The number of nitrogens with one attached hydrogen (secondary N) is 1. The molecule has 1 aromatic carbocycles. The van der Waals surface area contributed by atoms with Crippen molar-refractivity contribution in [3.05, 3.63) is 70.7 Å². The minimum atomic E-state index is 0.254. The minimum Gasteiger partial charge on any atom is -0.342 e. The van der Waals surface area contributed by atoms with Crippen LogP contribution in [-0.2, 0) is 11.2 Å². The predicted molar refractivity (Wildman–Crippen MR) is 143 cm³/mol. The van der Waals surface area contributed by atoms with Gasteiger partial charge in [-0.1, -0.05) is 11.6 Å². The molecule has 0 radical (unpaired) electrons. The number of aromatic nitrogens is 5. The third kappa shape index (κ3) is 4.95. The number of hydrogen-bond donors (Lipinski definition) is 1. The van der Waals surface area contributed by atoms with Crippen molar-refractivity contribution < 1.29 is 4.79 Å². The lowest BCUT2D eigenvalue weighted by Crippen LogP contribution is -2.49. The van der Waals surface area contributed by atoms with E-state index in [1.807, 2.05) is 36.2 Å². The Bertz CT molecular complexity index is 1460. The molecule has 2 fully saturated rings. The van der Waals surface area contributed by atoms with E-state index in [0.29, 0.717) is 23.3 Å². The van der Waals surface area contributed by atoms with E-state index in [2.05, 4.69) is 43.9 Å². The highest BCUT2D eigenvalue weighted by Gasteiger charge is 2.35. The number of carbonyl (C=O) groups is 1. The Hall–Kier alpha value is -3.36. The Morgan fingerprint density at radius 1 is 1.11 bits per heavy atom. The van der Waals surface area contributed by atoms with Crippen molar-refractivity contribution in [3.8, 4) is 11.3 Å². The molecule has 1 aliphatic heterocycles. The fourth-order valence-corrected chi connectivity index (χ4v) is 5.43. The third-order valence-corrected chi connectivity index (χ3v) is 7.88. The van der Waals surface area contributed by atoms with E-state index in [1.165, 1.54) is 5.56 Å². The molecule has 4 aromatic rings. The van der Waals surface area contributed by atoms with Crippen LogP contribution in [0.1, 0.15) is 48.6 Å². The van der Waals surface area contributed by atoms with Gasteiger partial charge in [0.25, 0.3) is 0 Å². The molecule has 2 aliphatic rings. The van der Waals surface area contributed by atoms with Crippen LogP contribution in [-0.4, -0.2) is 66.8 Å². The van der Waals surface area contributed by atoms with Crippen molar-refractivity contribution in [1.29, 1.82) is 0 Å². The number of amides is 1. The van der Waals surface area contributed by atoms with Crippen LogP contribution in [0.4, 0.5) is 0 Å². The van der Waals surface area contributed by atoms with Crippen LogP contribution >= 0.6 is 11.6 Å². The van der Waals surface area contributed by atoms with Crippen LogP contribution in [0.5, 0.6) is 0 Å². The van der Waals surface area contributed by atoms with Gasteiger partial charge in [-0.15, -0.1) is 0 Å². The molecule has 9 heteroatoms. The van der Waals surface area contributed by atoms with Gasteiger partial charge < -0.3 is 9.88 Å². The normalized spacial score (nSPS) is 17.3. The van der Waals surface area contributed by atoms with E-state index in [1.54, 1.807) is 6.33 Å². The number of H-pyrrole nitrogens is 1. The lowest BCUT2D eigenvalue weighted by Gasteiger charge is -2.38. The van der Waals surface area contributed by atoms with Gasteiger partial charge in [0.2, 0.25) is 5.91 Å². The fourth-order valence-electron chi connectivity index (χ4n) is 5.13. The standard InChI is InChI=1S/C28H30ClN7O/c1-17-13-24(32-16-31-17)22-5-6-23-27(26(22)29)34-25(33-23)15-21-14-20(7-8-30-21)18(2)35-9-11-36(12-10-35)28(37)19-3-4-19/h5-8,13-14,16,18-19H,3-4,9-12,15H2,1-2H3,(H,33,34). The summed E-state index contributed by atoms with van der Waals surface area (Å²) < 4.78 is 0. The van der Waals surface area contributed by atoms with Gasteiger partial charge in [-0.25, -0.2) is 15.0 Å². The molecule has 0 spiro atoms. The first-order valence-electron chi connectivity index (χ1n) is 12.9. The molecule has 3 aromatic heterocycles. The molecule has 1 saturated heterocycles. The Morgan fingerprint density at radius 3 is 2.68 bits per heavy atom. The zero-order valence-corrected chi connectivity index (χ0v) is 21.9. The van der Waals surface area contributed by atoms with Gasteiger partial charge in [-0.05, 0) is 62.6 Å². The second-order valence-corrected chi connectivity index (χ2v) is 10.5. The number of rotatable bonds is 6. The summed E-state index contributed by atoms with van der Waals surface area (Å²) in [5.41, 5.74) is 6.30. The number of carbonyl (C=O) groups excluding carboxylic acids is 1. The number of nitrogens with zero attached hydrogens (tertiary/aromatic N) is 6. The maximum absolute atomic E-state index is 12.4. The van der Waals surface area contributed by atoms with E-state index >= 15 is 0 Å². The molecule has 4 heterocycles. The second-order valence-electron chi connectivity index (χ2n) is 10.1. The first kappa shape index (κ1) is 24.0. The number of benzene rings is 1. The number of imidazole rings is 1. The van der Waals surface area contributed by atoms with Crippen molar-refractivity contribution in [2.75, 3.05) is 26.2 Å². The number of fused-ring (bicyclic) bond motifs is 1. The zero-order valence-electron chi connectivity index (χ0n) is 21.1. The van der Waals surface area contributed by atoms with E-state index < -0.39 is 0 Å². The van der Waals surface area contributed by atoms with Crippen LogP contribution < -0.4 is 0 Å². The molecule has 1 unspecified atom stereocenters. The van der Waals surface area contributed by atoms with E-state index in [9.17, 15) is 4.79 Å². The van der Waals surface area contributed by atoms with Crippen LogP contribution in [0.3, 0.4) is 0 Å². The SMILES string of the molecule is Cc1cc(-c2ccc3[nH]c(Cc4cc(C(C)N5CCN(C(=O)C6CC6)CC5)ccn4)nc3c2Cl)ncn1. The van der Waals surface area contributed by atoms with E-state index in [-0.39, 0.29) is 6.04 Å². The van der Waals surface area contributed by atoms with Gasteiger partial charge in [-0.3, -0.25) is 14.7 Å². The molecule has 8 nitrogen and oxygen atoms in total. The average molecular weight is 516 g/mol. The number of halogens is 1. The fraction of sp³-hybridized carbons (Fsp3) is 0.393. The number of aryl methyl sites for hydroxylation is 1. The van der Waals surface area contributed by atoms with Gasteiger partial charge in [0.05, 0.1) is 16.2 Å². The van der Waals surface area contributed by atoms with Crippen LogP contribution in [0.15, 0.2) is 42.9 Å². The maximum atomic E-state index is 12.4. The molecule has 1 saturated carbocycles. The van der Waals surface area contributed by atoms with Crippen molar-refractivity contribution in [2.45, 2.75) is 39.2 Å². The monoisotopic (exact) mass is 515 g/mol. The molecular weight excluding hydrogens is 486 g/mol. The molecule has 37 heavy (non-hydrogen) atoms. The molecule has 1 atom stereocenters. The first-order chi connectivity index (χ1) is 18.0. The molecule has 1 N–H and O–H groups in total. The number of pyridine rings is 1.